The molecule has 1 aromatic heterocycles. The summed E-state index contributed by atoms with van der Waals surface area (Å²) in [5.41, 5.74) is 5.62. The van der Waals surface area contributed by atoms with Crippen LogP contribution in [0.4, 0.5) is 0 Å². The van der Waals surface area contributed by atoms with Gasteiger partial charge in [-0.1, -0.05) is 35.9 Å². The maximum Gasteiger partial charge on any atom is 0.108 e. The van der Waals surface area contributed by atoms with Crippen LogP contribution in [0.3, 0.4) is 0 Å². The monoisotopic (exact) mass is 252 g/mol. The minimum absolute atomic E-state index is 0.878. The third kappa shape index (κ3) is 2.81. The lowest BCUT2D eigenvalue weighted by molar-refractivity contribution is 0.520. The van der Waals surface area contributed by atoms with Crippen molar-refractivity contribution in [3.8, 4) is 0 Å². The Kier molecular flexibility index (Phi) is 3.54. The number of rotatable bonds is 3. The standard InChI is InChI=1S/C18H20O/c1-14(16-9-5-6-10-16)17-12-18(19-13-17)11-15-7-3-2-4-8-15/h2-4,7-8,12-13H,5-6,9-11H2,1H3. The molecule has 1 aliphatic carbocycles. The summed E-state index contributed by atoms with van der Waals surface area (Å²) < 4.78 is 5.72. The fraction of sp³-hybridized carbons (Fsp3) is 0.333. The van der Waals surface area contributed by atoms with Gasteiger partial charge < -0.3 is 4.42 Å². The molecule has 0 radical (unpaired) electrons. The normalized spacial score (nSPS) is 14.9. The molecule has 1 saturated carbocycles. The van der Waals surface area contributed by atoms with E-state index in [-0.39, 0.29) is 0 Å². The van der Waals surface area contributed by atoms with Gasteiger partial charge in [0.05, 0.1) is 6.26 Å². The van der Waals surface area contributed by atoms with Crippen molar-refractivity contribution in [1.82, 2.24) is 0 Å². The molecule has 0 aliphatic heterocycles. The van der Waals surface area contributed by atoms with Gasteiger partial charge in [-0.2, -0.15) is 0 Å². The highest BCUT2D eigenvalue weighted by Gasteiger charge is 2.12. The van der Waals surface area contributed by atoms with E-state index >= 15 is 0 Å². The van der Waals surface area contributed by atoms with Crippen LogP contribution in [0.2, 0.25) is 0 Å². The van der Waals surface area contributed by atoms with Crippen LogP contribution in [-0.4, -0.2) is 0 Å². The fourth-order valence-corrected chi connectivity index (χ4v) is 2.85. The summed E-state index contributed by atoms with van der Waals surface area (Å²) in [4.78, 5) is 0. The van der Waals surface area contributed by atoms with Crippen LogP contribution in [-0.2, 0) is 6.42 Å². The minimum atomic E-state index is 0.878. The first-order valence-electron chi connectivity index (χ1n) is 7.13. The molecule has 1 aromatic carbocycles. The van der Waals surface area contributed by atoms with Crippen LogP contribution in [0.25, 0.3) is 5.57 Å². The summed E-state index contributed by atoms with van der Waals surface area (Å²) in [6.45, 7) is 2.23. The summed E-state index contributed by atoms with van der Waals surface area (Å²) in [5, 5.41) is 0. The summed E-state index contributed by atoms with van der Waals surface area (Å²) >= 11 is 0. The number of furan rings is 1. The van der Waals surface area contributed by atoms with Crippen LogP contribution in [0.1, 0.15) is 49.5 Å². The Labute approximate surface area is 115 Å². The van der Waals surface area contributed by atoms with Crippen molar-refractivity contribution in [3.05, 3.63) is 65.1 Å². The van der Waals surface area contributed by atoms with Crippen molar-refractivity contribution < 1.29 is 4.42 Å². The second-order valence-corrected chi connectivity index (χ2v) is 5.40. The van der Waals surface area contributed by atoms with Crippen molar-refractivity contribution in [2.24, 2.45) is 0 Å². The molecule has 0 unspecified atom stereocenters. The van der Waals surface area contributed by atoms with Gasteiger partial charge in [0.1, 0.15) is 5.76 Å². The molecule has 2 aromatic rings. The second-order valence-electron chi connectivity index (χ2n) is 5.40. The maximum atomic E-state index is 5.72. The number of hydrogen-bond donors (Lipinski definition) is 0. The Morgan fingerprint density at radius 2 is 1.84 bits per heavy atom. The molecule has 1 heterocycles. The van der Waals surface area contributed by atoms with Crippen molar-refractivity contribution in [1.29, 1.82) is 0 Å². The minimum Gasteiger partial charge on any atom is -0.468 e. The molecule has 0 spiro atoms. The van der Waals surface area contributed by atoms with Crippen LogP contribution in [0, 0.1) is 0 Å². The topological polar surface area (TPSA) is 13.1 Å². The van der Waals surface area contributed by atoms with Crippen molar-refractivity contribution in [2.75, 3.05) is 0 Å². The molecule has 0 saturated heterocycles. The zero-order valence-corrected chi connectivity index (χ0v) is 11.5. The van der Waals surface area contributed by atoms with E-state index in [1.807, 2.05) is 12.3 Å². The molecule has 98 valence electrons. The van der Waals surface area contributed by atoms with E-state index in [4.69, 9.17) is 4.42 Å². The first kappa shape index (κ1) is 12.3. The molecule has 3 rings (SSSR count). The second kappa shape index (κ2) is 5.48. The average molecular weight is 252 g/mol. The summed E-state index contributed by atoms with van der Waals surface area (Å²) in [6.07, 6.45) is 8.03. The van der Waals surface area contributed by atoms with Crippen LogP contribution in [0.5, 0.6) is 0 Å². The van der Waals surface area contributed by atoms with E-state index in [1.165, 1.54) is 42.4 Å². The predicted octanol–water partition coefficient (Wildman–Crippen LogP) is 5.22. The largest absolute Gasteiger partial charge is 0.468 e. The lowest BCUT2D eigenvalue weighted by Crippen LogP contribution is -1.85. The van der Waals surface area contributed by atoms with Gasteiger partial charge in [-0.15, -0.1) is 0 Å². The van der Waals surface area contributed by atoms with Gasteiger partial charge in [-0.25, -0.2) is 0 Å². The van der Waals surface area contributed by atoms with Gasteiger partial charge in [-0.05, 0) is 49.8 Å². The predicted molar refractivity (Wildman–Crippen MR) is 79.0 cm³/mol. The lowest BCUT2D eigenvalue weighted by Gasteiger charge is -2.02. The van der Waals surface area contributed by atoms with Gasteiger partial charge in [0.25, 0.3) is 0 Å². The van der Waals surface area contributed by atoms with E-state index < -0.39 is 0 Å². The maximum absolute atomic E-state index is 5.72. The Bertz CT molecular complexity index is 567. The number of hydrogen-bond acceptors (Lipinski definition) is 1. The molecule has 1 nitrogen and oxygen atoms in total. The first-order valence-corrected chi connectivity index (χ1v) is 7.13. The SMILES string of the molecule is CC(=C1CCCC1)c1coc(Cc2ccccc2)c1. The Morgan fingerprint density at radius 3 is 2.58 bits per heavy atom. The summed E-state index contributed by atoms with van der Waals surface area (Å²) in [5.74, 6) is 1.05. The number of benzene rings is 1. The highest BCUT2D eigenvalue weighted by molar-refractivity contribution is 5.67. The molecule has 1 aliphatic rings. The average Bonchev–Trinajstić information content (AvgIpc) is 3.10. The lowest BCUT2D eigenvalue weighted by atomic mass is 10.0. The zero-order chi connectivity index (χ0) is 13.1. The van der Waals surface area contributed by atoms with E-state index in [9.17, 15) is 0 Å². The molecular weight excluding hydrogens is 232 g/mol. The highest BCUT2D eigenvalue weighted by atomic mass is 16.3. The molecule has 1 fully saturated rings. The van der Waals surface area contributed by atoms with Gasteiger partial charge in [0.15, 0.2) is 0 Å². The summed E-state index contributed by atoms with van der Waals surface area (Å²) in [6, 6.07) is 12.7. The van der Waals surface area contributed by atoms with Gasteiger partial charge in [0, 0.05) is 12.0 Å². The molecule has 1 heteroatoms. The molecule has 0 amide bonds. The van der Waals surface area contributed by atoms with E-state index in [2.05, 4.69) is 37.3 Å². The number of allylic oxidation sites excluding steroid dienone is 2. The van der Waals surface area contributed by atoms with Gasteiger partial charge in [-0.3, -0.25) is 0 Å². The first-order chi connectivity index (χ1) is 9.33. The molecular formula is C18H20O. The van der Waals surface area contributed by atoms with Crippen molar-refractivity contribution in [2.45, 2.75) is 39.0 Å². The highest BCUT2D eigenvalue weighted by Crippen LogP contribution is 2.32. The van der Waals surface area contributed by atoms with Gasteiger partial charge >= 0.3 is 0 Å². The molecule has 0 atom stereocenters. The quantitative estimate of drug-likeness (QED) is 0.730. The zero-order valence-electron chi connectivity index (χ0n) is 11.5. The molecule has 0 N–H and O–H groups in total. The van der Waals surface area contributed by atoms with Gasteiger partial charge in [0.2, 0.25) is 0 Å². The van der Waals surface area contributed by atoms with Crippen LogP contribution < -0.4 is 0 Å². The fourth-order valence-electron chi connectivity index (χ4n) is 2.85. The smallest absolute Gasteiger partial charge is 0.108 e. The van der Waals surface area contributed by atoms with Crippen molar-refractivity contribution in [3.63, 3.8) is 0 Å². The third-order valence-electron chi connectivity index (χ3n) is 4.05. The third-order valence-corrected chi connectivity index (χ3v) is 4.05. The Balaban J connectivity index is 1.78. The molecule has 0 bridgehead atoms. The van der Waals surface area contributed by atoms with E-state index in [0.29, 0.717) is 0 Å². The Hall–Kier alpha value is -1.76. The van der Waals surface area contributed by atoms with Crippen LogP contribution in [0.15, 0.2) is 52.7 Å². The molecule has 19 heavy (non-hydrogen) atoms. The Morgan fingerprint density at radius 1 is 1.11 bits per heavy atom. The van der Waals surface area contributed by atoms with Crippen LogP contribution >= 0.6 is 0 Å². The van der Waals surface area contributed by atoms with E-state index in [0.717, 1.165) is 12.2 Å². The summed E-state index contributed by atoms with van der Waals surface area (Å²) in [7, 11) is 0. The van der Waals surface area contributed by atoms with Crippen molar-refractivity contribution >= 4 is 5.57 Å². The van der Waals surface area contributed by atoms with E-state index in [1.54, 1.807) is 5.57 Å².